The molecule has 35 heavy (non-hydrogen) atoms. The van der Waals surface area contributed by atoms with Gasteiger partial charge in [0.2, 0.25) is 5.91 Å². The van der Waals surface area contributed by atoms with Crippen molar-refractivity contribution in [3.8, 4) is 22.8 Å². The summed E-state index contributed by atoms with van der Waals surface area (Å²) in [5, 5.41) is 7.03. The maximum absolute atomic E-state index is 14.0. The van der Waals surface area contributed by atoms with Gasteiger partial charge in [-0.05, 0) is 30.2 Å². The lowest BCUT2D eigenvalue weighted by Crippen LogP contribution is -2.25. The van der Waals surface area contributed by atoms with Crippen LogP contribution in [0.25, 0.3) is 22.4 Å². The van der Waals surface area contributed by atoms with Gasteiger partial charge < -0.3 is 15.2 Å². The van der Waals surface area contributed by atoms with Crippen molar-refractivity contribution in [2.45, 2.75) is 39.0 Å². The lowest BCUT2D eigenvalue weighted by molar-refractivity contribution is -0.117. The molecule has 4 N–H and O–H groups in total. The number of nitrogens with one attached hydrogen (secondary N) is 2. The highest BCUT2D eigenvalue weighted by atomic mass is 19.1. The van der Waals surface area contributed by atoms with Crippen molar-refractivity contribution in [1.29, 1.82) is 0 Å². The number of halogens is 1. The van der Waals surface area contributed by atoms with Crippen molar-refractivity contribution in [3.05, 3.63) is 41.9 Å². The summed E-state index contributed by atoms with van der Waals surface area (Å²) in [5.74, 6) is 1.30. The number of imidazole rings is 1. The van der Waals surface area contributed by atoms with Crippen LogP contribution in [0.3, 0.4) is 0 Å². The number of H-pyrrole nitrogens is 1. The molecule has 0 radical (unpaired) electrons. The molecule has 0 fully saturated rings. The number of benzene rings is 1. The molecule has 0 aliphatic carbocycles. The molecule has 0 atom stereocenters. The Morgan fingerprint density at radius 1 is 1.20 bits per heavy atom. The Hall–Kier alpha value is -4.22. The Morgan fingerprint density at radius 3 is 2.74 bits per heavy atom. The predicted molar refractivity (Wildman–Crippen MR) is 126 cm³/mol. The van der Waals surface area contributed by atoms with Gasteiger partial charge in [-0.15, -0.1) is 0 Å². The zero-order valence-electron chi connectivity index (χ0n) is 19.2. The average molecular weight is 481 g/mol. The van der Waals surface area contributed by atoms with Crippen molar-refractivity contribution in [2.75, 3.05) is 24.4 Å². The van der Waals surface area contributed by atoms with Gasteiger partial charge in [0.1, 0.15) is 19.0 Å². The number of unbranched alkanes of at least 4 members (excludes halogenated alkanes) is 2. The Balaban J connectivity index is 1.58. The molecule has 11 nitrogen and oxygen atoms in total. The van der Waals surface area contributed by atoms with Gasteiger partial charge in [-0.2, -0.15) is 19.5 Å². The Labute approximate surface area is 199 Å². The number of aromatic amines is 1. The van der Waals surface area contributed by atoms with Crippen LogP contribution in [0.4, 0.5) is 10.2 Å². The molecule has 0 unspecified atom stereocenters. The highest BCUT2D eigenvalue weighted by Crippen LogP contribution is 2.38. The molecular weight excluding hydrogens is 455 g/mol. The SMILES string of the molecule is CCCCCC(=O)Nn1c(Cc2cc3c(cc2-c2ccn[nH]2)OCCO3)nc2c(N)nc(F)nc21. The minimum Gasteiger partial charge on any atom is -0.486 e. The molecule has 3 aromatic heterocycles. The molecule has 4 aromatic rings. The van der Waals surface area contributed by atoms with E-state index >= 15 is 0 Å². The third kappa shape index (κ3) is 4.59. The molecule has 12 heteroatoms. The molecule has 182 valence electrons. The number of carbonyl (C=O) groups excluding carboxylic acids is 1. The van der Waals surface area contributed by atoms with Crippen molar-refractivity contribution in [3.63, 3.8) is 0 Å². The molecule has 4 heterocycles. The van der Waals surface area contributed by atoms with E-state index in [4.69, 9.17) is 15.2 Å². The number of hydrogen-bond acceptors (Lipinski definition) is 8. The van der Waals surface area contributed by atoms with Crippen LogP contribution in [0.15, 0.2) is 24.4 Å². The molecule has 1 aliphatic rings. The van der Waals surface area contributed by atoms with Gasteiger partial charge in [0.25, 0.3) is 0 Å². The van der Waals surface area contributed by atoms with Gasteiger partial charge in [-0.1, -0.05) is 19.8 Å². The highest BCUT2D eigenvalue weighted by molar-refractivity contribution is 5.88. The minimum atomic E-state index is -1.000. The van der Waals surface area contributed by atoms with Crippen LogP contribution in [0, 0.1) is 6.08 Å². The van der Waals surface area contributed by atoms with E-state index in [0.717, 1.165) is 36.1 Å². The smallest absolute Gasteiger partial charge is 0.312 e. The van der Waals surface area contributed by atoms with Crippen molar-refractivity contribution in [2.24, 2.45) is 0 Å². The number of aromatic nitrogens is 6. The topological polar surface area (TPSA) is 146 Å². The third-order valence-corrected chi connectivity index (χ3v) is 5.73. The van der Waals surface area contributed by atoms with E-state index in [1.807, 2.05) is 18.2 Å². The Bertz CT molecular complexity index is 1370. The molecule has 0 saturated carbocycles. The largest absolute Gasteiger partial charge is 0.486 e. The molecule has 0 bridgehead atoms. The van der Waals surface area contributed by atoms with E-state index in [-0.39, 0.29) is 29.3 Å². The van der Waals surface area contributed by atoms with Crippen LogP contribution in [0.5, 0.6) is 11.5 Å². The second kappa shape index (κ2) is 9.57. The maximum atomic E-state index is 14.0. The van der Waals surface area contributed by atoms with E-state index < -0.39 is 6.08 Å². The zero-order chi connectivity index (χ0) is 24.4. The molecular formula is C23H25FN8O3. The van der Waals surface area contributed by atoms with Crippen LogP contribution in [-0.2, 0) is 11.2 Å². The van der Waals surface area contributed by atoms with E-state index in [2.05, 4.69) is 37.5 Å². The second-order valence-corrected chi connectivity index (χ2v) is 8.21. The van der Waals surface area contributed by atoms with E-state index in [0.29, 0.717) is 37.0 Å². The first-order chi connectivity index (χ1) is 17.0. The standard InChI is InChI=1S/C23H25FN8O3/c1-2-3-4-5-19(33)31-32-18(27-20-21(25)28-23(24)29-22(20)32)11-13-10-16-17(35-9-8-34-16)12-14(13)15-6-7-26-30-15/h6-7,10,12H,2-5,8-9,11H2,1H3,(H,26,30)(H,31,33)(H2,25,28,29). The van der Waals surface area contributed by atoms with Gasteiger partial charge in [-0.3, -0.25) is 15.3 Å². The fraction of sp³-hybridized carbons (Fsp3) is 0.348. The quantitative estimate of drug-likeness (QED) is 0.258. The molecule has 1 amide bonds. The maximum Gasteiger partial charge on any atom is 0.312 e. The number of nitrogens with two attached hydrogens (primary N) is 1. The van der Waals surface area contributed by atoms with Crippen LogP contribution in [0.2, 0.25) is 0 Å². The summed E-state index contributed by atoms with van der Waals surface area (Å²) in [6, 6.07) is 5.58. The van der Waals surface area contributed by atoms with Gasteiger partial charge in [0, 0.05) is 24.6 Å². The molecule has 0 spiro atoms. The average Bonchev–Trinajstić information content (AvgIpc) is 3.48. The molecule has 1 aromatic carbocycles. The fourth-order valence-corrected chi connectivity index (χ4v) is 4.05. The van der Waals surface area contributed by atoms with Gasteiger partial charge in [-0.25, -0.2) is 9.66 Å². The number of hydrogen-bond donors (Lipinski definition) is 3. The number of nitrogen functional groups attached to an aromatic ring is 1. The van der Waals surface area contributed by atoms with E-state index in [1.54, 1.807) is 6.20 Å². The van der Waals surface area contributed by atoms with Crippen molar-refractivity contribution < 1.29 is 18.7 Å². The lowest BCUT2D eigenvalue weighted by atomic mass is 10.00. The summed E-state index contributed by atoms with van der Waals surface area (Å²) in [7, 11) is 0. The lowest BCUT2D eigenvalue weighted by Gasteiger charge is -2.21. The molecule has 1 aliphatic heterocycles. The van der Waals surface area contributed by atoms with Crippen molar-refractivity contribution in [1.82, 2.24) is 29.8 Å². The minimum absolute atomic E-state index is 0.0921. The van der Waals surface area contributed by atoms with E-state index in [9.17, 15) is 9.18 Å². The summed E-state index contributed by atoms with van der Waals surface area (Å²) >= 11 is 0. The highest BCUT2D eigenvalue weighted by Gasteiger charge is 2.23. The monoisotopic (exact) mass is 480 g/mol. The van der Waals surface area contributed by atoms with Crippen LogP contribution in [-0.4, -0.2) is 48.9 Å². The number of fused-ring (bicyclic) bond motifs is 2. The summed E-state index contributed by atoms with van der Waals surface area (Å²) in [6.07, 6.45) is 3.88. The summed E-state index contributed by atoms with van der Waals surface area (Å²) in [4.78, 5) is 24.7. The first-order valence-electron chi connectivity index (χ1n) is 11.5. The molecule has 5 rings (SSSR count). The number of carbonyl (C=O) groups is 1. The van der Waals surface area contributed by atoms with Gasteiger partial charge in [0.05, 0.1) is 5.69 Å². The van der Waals surface area contributed by atoms with Gasteiger partial charge in [0.15, 0.2) is 28.5 Å². The third-order valence-electron chi connectivity index (χ3n) is 5.73. The van der Waals surface area contributed by atoms with Crippen LogP contribution >= 0.6 is 0 Å². The van der Waals surface area contributed by atoms with Crippen LogP contribution < -0.4 is 20.6 Å². The van der Waals surface area contributed by atoms with Gasteiger partial charge >= 0.3 is 6.08 Å². The first kappa shape index (κ1) is 22.6. The molecule has 0 saturated heterocycles. The zero-order valence-corrected chi connectivity index (χ0v) is 19.2. The fourth-order valence-electron chi connectivity index (χ4n) is 4.05. The Kier molecular flexibility index (Phi) is 6.17. The summed E-state index contributed by atoms with van der Waals surface area (Å²) < 4.78 is 27.0. The second-order valence-electron chi connectivity index (χ2n) is 8.21. The normalized spacial score (nSPS) is 12.7. The van der Waals surface area contributed by atoms with Crippen molar-refractivity contribution >= 4 is 22.9 Å². The number of amides is 1. The Morgan fingerprint density at radius 2 is 2.00 bits per heavy atom. The number of rotatable bonds is 8. The van der Waals surface area contributed by atoms with E-state index in [1.165, 1.54) is 4.68 Å². The number of ether oxygens (including phenoxy) is 2. The number of anilines is 1. The first-order valence-corrected chi connectivity index (χ1v) is 11.5. The predicted octanol–water partition coefficient (Wildman–Crippen LogP) is 2.95. The number of nitrogens with zero attached hydrogens (tertiary/aromatic N) is 5. The van der Waals surface area contributed by atoms with Crippen LogP contribution in [0.1, 0.15) is 44.0 Å². The summed E-state index contributed by atoms with van der Waals surface area (Å²) in [5.41, 5.74) is 11.5. The summed E-state index contributed by atoms with van der Waals surface area (Å²) in [6.45, 7) is 2.96.